The van der Waals surface area contributed by atoms with E-state index in [0.717, 1.165) is 12.0 Å². The number of alkyl halides is 2. The Morgan fingerprint density at radius 2 is 1.93 bits per heavy atom. The second-order valence-electron chi connectivity index (χ2n) is 4.15. The zero-order chi connectivity index (χ0) is 10.9. The van der Waals surface area contributed by atoms with Crippen LogP contribution < -0.4 is 5.32 Å². The molecule has 0 radical (unpaired) electrons. The van der Waals surface area contributed by atoms with Crippen molar-refractivity contribution in [3.63, 3.8) is 0 Å². The van der Waals surface area contributed by atoms with Gasteiger partial charge in [-0.2, -0.15) is 0 Å². The van der Waals surface area contributed by atoms with E-state index in [2.05, 4.69) is 5.32 Å². The van der Waals surface area contributed by atoms with Crippen molar-refractivity contribution in [2.45, 2.75) is 31.2 Å². The second kappa shape index (κ2) is 3.89. The van der Waals surface area contributed by atoms with E-state index < -0.39 is 12.0 Å². The number of hydrogen-bond acceptors (Lipinski definition) is 1. The van der Waals surface area contributed by atoms with Crippen LogP contribution in [0.1, 0.15) is 17.5 Å². The fourth-order valence-electron chi connectivity index (χ4n) is 2.27. The van der Waals surface area contributed by atoms with Crippen molar-refractivity contribution >= 4 is 0 Å². The summed E-state index contributed by atoms with van der Waals surface area (Å²) in [6, 6.07) is 7.85. The van der Waals surface area contributed by atoms with Gasteiger partial charge in [0.25, 0.3) is 6.43 Å². The van der Waals surface area contributed by atoms with Crippen molar-refractivity contribution in [1.29, 1.82) is 0 Å². The number of aryl methyl sites for hydroxylation is 1. The van der Waals surface area contributed by atoms with Crippen molar-refractivity contribution in [2.24, 2.45) is 0 Å². The Morgan fingerprint density at radius 1 is 1.27 bits per heavy atom. The van der Waals surface area contributed by atoms with Gasteiger partial charge in [0.2, 0.25) is 0 Å². The lowest BCUT2D eigenvalue weighted by molar-refractivity contribution is 0.0255. The minimum Gasteiger partial charge on any atom is -0.309 e. The Bertz CT molecular complexity index is 351. The summed E-state index contributed by atoms with van der Waals surface area (Å²) < 4.78 is 26.0. The molecule has 1 atom stereocenters. The SMILES string of the molecule is CNC1(C(F)F)CCc2ccccc2C1. The van der Waals surface area contributed by atoms with Gasteiger partial charge in [-0.3, -0.25) is 0 Å². The Labute approximate surface area is 88.5 Å². The molecule has 0 saturated heterocycles. The molecule has 0 bridgehead atoms. The predicted octanol–water partition coefficient (Wildman–Crippen LogP) is 2.40. The fourth-order valence-corrected chi connectivity index (χ4v) is 2.27. The summed E-state index contributed by atoms with van der Waals surface area (Å²) in [5.41, 5.74) is 1.25. The van der Waals surface area contributed by atoms with Crippen molar-refractivity contribution < 1.29 is 8.78 Å². The van der Waals surface area contributed by atoms with Gasteiger partial charge in [0, 0.05) is 0 Å². The highest BCUT2D eigenvalue weighted by Crippen LogP contribution is 2.32. The molecule has 1 unspecified atom stereocenters. The van der Waals surface area contributed by atoms with Crippen LogP contribution in [0.3, 0.4) is 0 Å². The number of fused-ring (bicyclic) bond motifs is 1. The van der Waals surface area contributed by atoms with Crippen LogP contribution in [0, 0.1) is 0 Å². The van der Waals surface area contributed by atoms with Crippen LogP contribution in [-0.2, 0) is 12.8 Å². The average Bonchev–Trinajstić information content (AvgIpc) is 2.28. The molecule has 1 aromatic rings. The Kier molecular flexibility index (Phi) is 2.74. The summed E-state index contributed by atoms with van der Waals surface area (Å²) in [6.07, 6.45) is -0.632. The van der Waals surface area contributed by atoms with Crippen LogP contribution in [0.25, 0.3) is 0 Å². The molecule has 0 fully saturated rings. The predicted molar refractivity (Wildman–Crippen MR) is 56.3 cm³/mol. The van der Waals surface area contributed by atoms with Crippen LogP contribution in [0.5, 0.6) is 0 Å². The van der Waals surface area contributed by atoms with Crippen LogP contribution in [0.15, 0.2) is 24.3 Å². The third kappa shape index (κ3) is 1.76. The first-order valence-corrected chi connectivity index (χ1v) is 5.22. The van der Waals surface area contributed by atoms with Crippen molar-refractivity contribution in [2.75, 3.05) is 7.05 Å². The highest BCUT2D eigenvalue weighted by Gasteiger charge is 2.40. The van der Waals surface area contributed by atoms with Gasteiger partial charge in [-0.1, -0.05) is 24.3 Å². The van der Waals surface area contributed by atoms with Gasteiger partial charge in [-0.25, -0.2) is 8.78 Å². The van der Waals surface area contributed by atoms with E-state index >= 15 is 0 Å². The largest absolute Gasteiger partial charge is 0.309 e. The highest BCUT2D eigenvalue weighted by molar-refractivity contribution is 5.32. The lowest BCUT2D eigenvalue weighted by Gasteiger charge is -2.37. The summed E-state index contributed by atoms with van der Waals surface area (Å²) in [7, 11) is 1.63. The maximum atomic E-state index is 13.0. The molecule has 0 saturated carbocycles. The topological polar surface area (TPSA) is 12.0 Å². The summed E-state index contributed by atoms with van der Waals surface area (Å²) in [4.78, 5) is 0. The zero-order valence-corrected chi connectivity index (χ0v) is 8.76. The van der Waals surface area contributed by atoms with Gasteiger partial charge in [0.15, 0.2) is 0 Å². The smallest absolute Gasteiger partial charge is 0.256 e. The van der Waals surface area contributed by atoms with E-state index in [4.69, 9.17) is 0 Å². The summed E-state index contributed by atoms with van der Waals surface area (Å²) in [5, 5.41) is 2.81. The lowest BCUT2D eigenvalue weighted by Crippen LogP contribution is -2.53. The average molecular weight is 211 g/mol. The Morgan fingerprint density at radius 3 is 2.53 bits per heavy atom. The van der Waals surface area contributed by atoms with E-state index in [1.165, 1.54) is 5.56 Å². The van der Waals surface area contributed by atoms with Gasteiger partial charge in [0.05, 0.1) is 5.54 Å². The number of rotatable bonds is 2. The van der Waals surface area contributed by atoms with E-state index in [-0.39, 0.29) is 0 Å². The number of likely N-dealkylation sites (N-methyl/N-ethyl adjacent to an activating group) is 1. The van der Waals surface area contributed by atoms with Gasteiger partial charge in [-0.15, -0.1) is 0 Å². The van der Waals surface area contributed by atoms with Crippen LogP contribution in [-0.4, -0.2) is 19.0 Å². The minimum atomic E-state index is -2.31. The van der Waals surface area contributed by atoms with Gasteiger partial charge >= 0.3 is 0 Å². The third-order valence-corrected chi connectivity index (χ3v) is 3.38. The van der Waals surface area contributed by atoms with Crippen LogP contribution in [0.4, 0.5) is 8.78 Å². The fraction of sp³-hybridized carbons (Fsp3) is 0.500. The first kappa shape index (κ1) is 10.6. The van der Waals surface area contributed by atoms with E-state index in [0.29, 0.717) is 12.8 Å². The molecule has 0 heterocycles. The number of nitrogens with one attached hydrogen (secondary N) is 1. The minimum absolute atomic E-state index is 0.428. The molecule has 0 aromatic heterocycles. The molecular weight excluding hydrogens is 196 g/mol. The maximum Gasteiger partial charge on any atom is 0.256 e. The van der Waals surface area contributed by atoms with Crippen LogP contribution >= 0.6 is 0 Å². The molecule has 1 nitrogen and oxygen atoms in total. The Hall–Kier alpha value is -0.960. The molecule has 82 valence electrons. The van der Waals surface area contributed by atoms with Crippen molar-refractivity contribution in [1.82, 2.24) is 5.32 Å². The first-order chi connectivity index (χ1) is 7.18. The normalized spacial score (nSPS) is 25.3. The maximum absolute atomic E-state index is 13.0. The molecule has 0 spiro atoms. The van der Waals surface area contributed by atoms with Gasteiger partial charge in [0.1, 0.15) is 0 Å². The molecule has 0 amide bonds. The molecule has 1 N–H and O–H groups in total. The zero-order valence-electron chi connectivity index (χ0n) is 8.76. The number of halogens is 2. The van der Waals surface area contributed by atoms with Gasteiger partial charge < -0.3 is 5.32 Å². The molecule has 1 aliphatic carbocycles. The first-order valence-electron chi connectivity index (χ1n) is 5.22. The molecule has 1 aliphatic rings. The molecule has 15 heavy (non-hydrogen) atoms. The molecule has 2 rings (SSSR count). The summed E-state index contributed by atoms with van der Waals surface area (Å²) >= 11 is 0. The van der Waals surface area contributed by atoms with E-state index in [1.807, 2.05) is 24.3 Å². The van der Waals surface area contributed by atoms with Crippen molar-refractivity contribution in [3.05, 3.63) is 35.4 Å². The standard InChI is InChI=1S/C12H15F2N/c1-15-12(11(13)14)7-6-9-4-2-3-5-10(9)8-12/h2-5,11,15H,6-8H2,1H3. The number of benzene rings is 1. The summed E-state index contributed by atoms with van der Waals surface area (Å²) in [6.45, 7) is 0. The quantitative estimate of drug-likeness (QED) is 0.792. The van der Waals surface area contributed by atoms with Gasteiger partial charge in [-0.05, 0) is 37.4 Å². The number of hydrogen-bond donors (Lipinski definition) is 1. The third-order valence-electron chi connectivity index (χ3n) is 3.38. The molecular formula is C12H15F2N. The second-order valence-corrected chi connectivity index (χ2v) is 4.15. The van der Waals surface area contributed by atoms with E-state index in [9.17, 15) is 8.78 Å². The Balaban J connectivity index is 2.31. The highest BCUT2D eigenvalue weighted by atomic mass is 19.3. The van der Waals surface area contributed by atoms with E-state index in [1.54, 1.807) is 7.05 Å². The monoisotopic (exact) mass is 211 g/mol. The van der Waals surface area contributed by atoms with Crippen LogP contribution in [0.2, 0.25) is 0 Å². The molecule has 3 heteroatoms. The summed E-state index contributed by atoms with van der Waals surface area (Å²) in [5.74, 6) is 0. The van der Waals surface area contributed by atoms with Crippen molar-refractivity contribution in [3.8, 4) is 0 Å². The lowest BCUT2D eigenvalue weighted by atomic mass is 9.78. The molecule has 1 aromatic carbocycles. The molecule has 0 aliphatic heterocycles.